The molecule has 0 atom stereocenters. The molecular weight excluding hydrogens is 288 g/mol. The summed E-state index contributed by atoms with van der Waals surface area (Å²) in [4.78, 5) is 4.58. The summed E-state index contributed by atoms with van der Waals surface area (Å²) in [6, 6.07) is 4.30. The Morgan fingerprint density at radius 3 is 3.00 bits per heavy atom. The van der Waals surface area contributed by atoms with E-state index in [-0.39, 0.29) is 0 Å². The van der Waals surface area contributed by atoms with Crippen LogP contribution in [0.15, 0.2) is 39.6 Å². The van der Waals surface area contributed by atoms with Gasteiger partial charge in [-0.3, -0.25) is 0 Å². The molecule has 0 amide bonds. The van der Waals surface area contributed by atoms with Gasteiger partial charge in [0.15, 0.2) is 0 Å². The average molecular weight is 303 g/mol. The monoisotopic (exact) mass is 302 g/mol. The second-order valence-corrected chi connectivity index (χ2v) is 5.70. The Morgan fingerprint density at radius 1 is 1.33 bits per heavy atom. The zero-order valence-electron chi connectivity index (χ0n) is 10.4. The fourth-order valence-electron chi connectivity index (χ4n) is 2.49. The molecule has 2 aliphatic rings. The number of nitrogens with one attached hydrogen (secondary N) is 1. The SMILES string of the molecule is C=C1/N=C2/CCC/C2=C/c2cc(Br)c(C)cc2N1. The van der Waals surface area contributed by atoms with E-state index in [0.29, 0.717) is 0 Å². The molecule has 1 aliphatic heterocycles. The number of aryl methyl sites for hydroxylation is 1. The maximum absolute atomic E-state index is 4.58. The van der Waals surface area contributed by atoms with Gasteiger partial charge in [-0.25, -0.2) is 4.99 Å². The van der Waals surface area contributed by atoms with Crippen LogP contribution in [-0.2, 0) is 0 Å². The van der Waals surface area contributed by atoms with E-state index < -0.39 is 0 Å². The molecule has 92 valence electrons. The first kappa shape index (κ1) is 11.7. The zero-order chi connectivity index (χ0) is 12.7. The molecule has 0 unspecified atom stereocenters. The molecule has 1 heterocycles. The summed E-state index contributed by atoms with van der Waals surface area (Å²) in [5, 5.41) is 3.30. The average Bonchev–Trinajstić information content (AvgIpc) is 2.70. The summed E-state index contributed by atoms with van der Waals surface area (Å²) >= 11 is 3.60. The predicted molar refractivity (Wildman–Crippen MR) is 80.9 cm³/mol. The van der Waals surface area contributed by atoms with Crippen LogP contribution in [0, 0.1) is 6.92 Å². The van der Waals surface area contributed by atoms with Crippen molar-refractivity contribution in [1.82, 2.24) is 0 Å². The third-order valence-corrected chi connectivity index (χ3v) is 4.29. The van der Waals surface area contributed by atoms with E-state index in [1.165, 1.54) is 28.8 Å². The summed E-state index contributed by atoms with van der Waals surface area (Å²) in [5.74, 6) is 0.737. The number of fused-ring (bicyclic) bond motifs is 2. The molecule has 0 saturated heterocycles. The van der Waals surface area contributed by atoms with E-state index >= 15 is 0 Å². The molecule has 0 spiro atoms. The molecule has 1 N–H and O–H groups in total. The molecule has 0 bridgehead atoms. The van der Waals surface area contributed by atoms with Crippen molar-refractivity contribution in [3.05, 3.63) is 45.7 Å². The van der Waals surface area contributed by atoms with Crippen molar-refractivity contribution in [2.45, 2.75) is 26.2 Å². The second kappa shape index (κ2) is 4.39. The molecule has 1 aromatic rings. The van der Waals surface area contributed by atoms with Gasteiger partial charge in [-0.05, 0) is 61.1 Å². The Hall–Kier alpha value is -1.35. The number of rotatable bonds is 0. The van der Waals surface area contributed by atoms with Gasteiger partial charge in [-0.2, -0.15) is 0 Å². The fourth-order valence-corrected chi connectivity index (χ4v) is 2.85. The van der Waals surface area contributed by atoms with Gasteiger partial charge in [0.25, 0.3) is 0 Å². The molecule has 0 aromatic heterocycles. The zero-order valence-corrected chi connectivity index (χ0v) is 12.0. The summed E-state index contributed by atoms with van der Waals surface area (Å²) in [6.45, 7) is 6.08. The lowest BCUT2D eigenvalue weighted by molar-refractivity contribution is 0.949. The molecule has 1 aromatic carbocycles. The smallest absolute Gasteiger partial charge is 0.123 e. The lowest BCUT2D eigenvalue weighted by Gasteiger charge is -2.16. The van der Waals surface area contributed by atoms with E-state index in [0.717, 1.165) is 28.8 Å². The third kappa shape index (κ3) is 2.03. The third-order valence-electron chi connectivity index (χ3n) is 3.44. The highest BCUT2D eigenvalue weighted by Crippen LogP contribution is 2.33. The summed E-state index contributed by atoms with van der Waals surface area (Å²) in [6.07, 6.45) is 5.64. The highest BCUT2D eigenvalue weighted by molar-refractivity contribution is 9.10. The first-order valence-corrected chi connectivity index (χ1v) is 6.97. The van der Waals surface area contributed by atoms with Gasteiger partial charge in [0.2, 0.25) is 0 Å². The van der Waals surface area contributed by atoms with Gasteiger partial charge in [-0.15, -0.1) is 0 Å². The molecule has 1 fully saturated rings. The highest BCUT2D eigenvalue weighted by Gasteiger charge is 2.18. The standard InChI is InChI=1S/C15H15BrN2/c1-9-6-15-12(8-13(9)16)7-11-4-3-5-14(11)17-10(2)18-15/h6-8,18H,2-5H2,1H3/b11-7-,17-14-. The predicted octanol–water partition coefficient (Wildman–Crippen LogP) is 4.66. The Balaban J connectivity index is 2.19. The van der Waals surface area contributed by atoms with Crippen LogP contribution < -0.4 is 5.32 Å². The van der Waals surface area contributed by atoms with E-state index in [4.69, 9.17) is 0 Å². The molecule has 3 heteroatoms. The van der Waals surface area contributed by atoms with Crippen LogP contribution in [0.5, 0.6) is 0 Å². The summed E-state index contributed by atoms with van der Waals surface area (Å²) in [7, 11) is 0. The van der Waals surface area contributed by atoms with Crippen LogP contribution in [0.3, 0.4) is 0 Å². The Bertz CT molecular complexity index is 597. The van der Waals surface area contributed by atoms with Crippen LogP contribution in [0.4, 0.5) is 5.69 Å². The van der Waals surface area contributed by atoms with Crippen LogP contribution in [0.25, 0.3) is 6.08 Å². The Kier molecular flexibility index (Phi) is 2.86. The maximum Gasteiger partial charge on any atom is 0.123 e. The minimum Gasteiger partial charge on any atom is -0.340 e. The van der Waals surface area contributed by atoms with E-state index in [1.807, 2.05) is 0 Å². The number of aliphatic imine (C=N–C) groups is 1. The topological polar surface area (TPSA) is 24.4 Å². The molecule has 1 aliphatic carbocycles. The van der Waals surface area contributed by atoms with Gasteiger partial charge in [0.05, 0.1) is 0 Å². The summed E-state index contributed by atoms with van der Waals surface area (Å²) < 4.78 is 1.14. The van der Waals surface area contributed by atoms with Crippen molar-refractivity contribution in [2.75, 3.05) is 5.32 Å². The first-order chi connectivity index (χ1) is 8.63. The molecule has 1 saturated carbocycles. The number of hydrogen-bond donors (Lipinski definition) is 1. The Morgan fingerprint density at radius 2 is 2.17 bits per heavy atom. The van der Waals surface area contributed by atoms with Crippen LogP contribution in [0.1, 0.15) is 30.4 Å². The minimum atomic E-state index is 0.737. The van der Waals surface area contributed by atoms with E-state index in [2.05, 4.69) is 58.0 Å². The number of nitrogens with zero attached hydrogens (tertiary/aromatic N) is 1. The fraction of sp³-hybridized carbons (Fsp3) is 0.267. The molecule has 3 rings (SSSR count). The van der Waals surface area contributed by atoms with Crippen molar-refractivity contribution in [3.8, 4) is 0 Å². The normalized spacial score (nSPS) is 23.8. The number of anilines is 1. The van der Waals surface area contributed by atoms with Gasteiger partial charge >= 0.3 is 0 Å². The van der Waals surface area contributed by atoms with Crippen molar-refractivity contribution in [3.63, 3.8) is 0 Å². The largest absolute Gasteiger partial charge is 0.340 e. The maximum atomic E-state index is 4.58. The van der Waals surface area contributed by atoms with Gasteiger partial charge < -0.3 is 5.32 Å². The summed E-state index contributed by atoms with van der Waals surface area (Å²) in [5.41, 5.74) is 6.05. The van der Waals surface area contributed by atoms with Crippen molar-refractivity contribution < 1.29 is 0 Å². The lowest BCUT2D eigenvalue weighted by Crippen LogP contribution is -2.05. The molecule has 18 heavy (non-hydrogen) atoms. The molecule has 2 nitrogen and oxygen atoms in total. The van der Waals surface area contributed by atoms with E-state index in [1.54, 1.807) is 0 Å². The number of hydrogen-bond acceptors (Lipinski definition) is 2. The van der Waals surface area contributed by atoms with Crippen LogP contribution >= 0.6 is 15.9 Å². The highest BCUT2D eigenvalue weighted by atomic mass is 79.9. The number of halogens is 1. The van der Waals surface area contributed by atoms with Gasteiger partial charge in [-0.1, -0.05) is 22.5 Å². The Labute approximate surface area is 116 Å². The number of allylic oxidation sites excluding steroid dienone is 1. The van der Waals surface area contributed by atoms with Gasteiger partial charge in [0, 0.05) is 15.9 Å². The number of benzene rings is 1. The minimum absolute atomic E-state index is 0.737. The van der Waals surface area contributed by atoms with E-state index in [9.17, 15) is 0 Å². The van der Waals surface area contributed by atoms with Crippen molar-refractivity contribution >= 4 is 33.4 Å². The van der Waals surface area contributed by atoms with Crippen LogP contribution in [-0.4, -0.2) is 5.71 Å². The molecule has 0 radical (unpaired) electrons. The second-order valence-electron chi connectivity index (χ2n) is 4.84. The van der Waals surface area contributed by atoms with Crippen molar-refractivity contribution in [1.29, 1.82) is 0 Å². The quantitative estimate of drug-likeness (QED) is 0.740. The molecular formula is C15H15BrN2. The first-order valence-electron chi connectivity index (χ1n) is 6.18. The van der Waals surface area contributed by atoms with Crippen LogP contribution in [0.2, 0.25) is 0 Å². The van der Waals surface area contributed by atoms with Crippen molar-refractivity contribution in [2.24, 2.45) is 4.99 Å². The lowest BCUT2D eigenvalue weighted by atomic mass is 10.0. The van der Waals surface area contributed by atoms with Gasteiger partial charge in [0.1, 0.15) is 5.82 Å².